The topological polar surface area (TPSA) is 278 Å². The van der Waals surface area contributed by atoms with Gasteiger partial charge >= 0.3 is 5.69 Å². The van der Waals surface area contributed by atoms with Crippen molar-refractivity contribution >= 4 is 51.1 Å². The number of piperidine rings is 1. The third-order valence-corrected chi connectivity index (χ3v) is 18.1. The second-order valence-electron chi connectivity index (χ2n) is 11.8. The highest BCUT2D eigenvalue weighted by Gasteiger charge is 2.73. The summed E-state index contributed by atoms with van der Waals surface area (Å²) in [5, 5.41) is 10.7. The summed E-state index contributed by atoms with van der Waals surface area (Å²) in [5.41, 5.74) is 6.38. The fourth-order valence-corrected chi connectivity index (χ4v) is 15.0. The largest absolute Gasteiger partial charge is 0.507 e. The van der Waals surface area contributed by atoms with Crippen LogP contribution in [-0.2, 0) is 44.1 Å². The van der Waals surface area contributed by atoms with Crippen LogP contribution in [0.3, 0.4) is 0 Å². The van der Waals surface area contributed by atoms with Crippen LogP contribution in [0.25, 0.3) is 22.4 Å². The van der Waals surface area contributed by atoms with E-state index in [0.29, 0.717) is 36.1 Å². The number of phenolic OH excluding ortho intramolecular Hbond substituents is 1. The van der Waals surface area contributed by atoms with Crippen LogP contribution in [0.5, 0.6) is 5.75 Å². The number of likely N-dealkylation sites (tertiary alicyclic amines) is 1. The van der Waals surface area contributed by atoms with Gasteiger partial charge in [0.25, 0.3) is 0 Å². The summed E-state index contributed by atoms with van der Waals surface area (Å²) in [4.78, 5) is 40.7. The highest BCUT2D eigenvalue weighted by atomic mass is 32.3. The average Bonchev–Trinajstić information content (AvgIpc) is 2.98. The van der Waals surface area contributed by atoms with E-state index in [-0.39, 0.29) is 27.7 Å². The number of hydrogen-bond acceptors (Lipinski definition) is 16. The molecular weight excluding hydrogens is 727 g/mol. The smallest absolute Gasteiger partial charge is 0.344 e. The Kier molecular flexibility index (Phi) is 9.82. The molecule has 18 nitrogen and oxygen atoms in total. The first-order valence-corrected chi connectivity index (χ1v) is 21.7. The minimum atomic E-state index is -5.04. The molecule has 0 spiro atoms. The van der Waals surface area contributed by atoms with Gasteiger partial charge in [-0.25, -0.2) is 48.4 Å². The van der Waals surface area contributed by atoms with Crippen molar-refractivity contribution in [3.63, 3.8) is 0 Å². The Hall–Kier alpha value is -3.99. The number of sulfone groups is 4. The summed E-state index contributed by atoms with van der Waals surface area (Å²) in [7, 11) is -18.8. The lowest BCUT2D eigenvalue weighted by Crippen LogP contribution is -2.78. The van der Waals surface area contributed by atoms with Crippen molar-refractivity contribution in [1.29, 1.82) is 0 Å². The van der Waals surface area contributed by atoms with E-state index >= 15 is 0 Å². The molecular formula is C27H35N7O11S4. The fraction of sp³-hybridized carbons (Fsp3) is 0.444. The van der Waals surface area contributed by atoms with Crippen molar-refractivity contribution in [3.05, 3.63) is 53.5 Å². The molecule has 0 atom stereocenters. The molecule has 1 aliphatic heterocycles. The van der Waals surface area contributed by atoms with Crippen molar-refractivity contribution in [2.45, 2.75) is 33.7 Å². The molecule has 0 aliphatic carbocycles. The Morgan fingerprint density at radius 3 is 1.86 bits per heavy atom. The normalized spacial score (nSPS) is 17.1. The quantitative estimate of drug-likeness (QED) is 0.220. The maximum Gasteiger partial charge on any atom is 0.344 e. The molecule has 1 fully saturated rings. The zero-order chi connectivity index (χ0) is 37.0. The molecule has 3 aromatic rings. The lowest BCUT2D eigenvalue weighted by Gasteiger charge is -2.56. The molecule has 1 aliphatic rings. The molecule has 0 unspecified atom stereocenters. The Morgan fingerprint density at radius 2 is 1.45 bits per heavy atom. The van der Waals surface area contributed by atoms with Crippen LogP contribution in [-0.4, -0.2) is 123 Å². The number of rotatable bonds is 10. The first-order valence-electron chi connectivity index (χ1n) is 14.2. The van der Waals surface area contributed by atoms with E-state index < -0.39 is 91.2 Å². The van der Waals surface area contributed by atoms with Crippen LogP contribution in [0, 0.1) is 0 Å². The number of aromatic nitrogens is 4. The standard InChI is InChI=1S/C27H35N7O11S4/c1-33(23-16-29-21(15-30-23)20-7-6-17(10-22(20)35)18-13-31-25(37)32-14-18)19-11-26(46(2,38)39,47(3,40)41)34(24(36)8-9-28)27(12-19,48(4,42)43)49(5,44)45/h6-7,10,13-16,19,35H,8-9,11-12,28H2,1-5H3,(H,31,32,37). The van der Waals surface area contributed by atoms with Crippen molar-refractivity contribution < 1.29 is 43.6 Å². The van der Waals surface area contributed by atoms with E-state index in [2.05, 4.69) is 19.9 Å². The number of nitrogens with two attached hydrogens (primary N) is 1. The number of aromatic hydroxyl groups is 1. The van der Waals surface area contributed by atoms with Crippen LogP contribution in [0.15, 0.2) is 47.8 Å². The number of carbonyl (C=O) groups excluding carboxylic acids is 1. The molecule has 49 heavy (non-hydrogen) atoms. The van der Waals surface area contributed by atoms with E-state index in [1.807, 2.05) is 0 Å². The van der Waals surface area contributed by atoms with Crippen molar-refractivity contribution in [2.75, 3.05) is 43.5 Å². The second-order valence-corrected chi connectivity index (χ2v) is 21.1. The van der Waals surface area contributed by atoms with Crippen LogP contribution in [0.1, 0.15) is 19.3 Å². The monoisotopic (exact) mass is 761 g/mol. The van der Waals surface area contributed by atoms with Gasteiger partial charge in [-0.15, -0.1) is 0 Å². The van der Waals surface area contributed by atoms with Crippen LogP contribution >= 0.6 is 0 Å². The summed E-state index contributed by atoms with van der Waals surface area (Å²) in [6.45, 7) is -0.476. The van der Waals surface area contributed by atoms with Crippen molar-refractivity contribution in [3.8, 4) is 28.1 Å². The Labute approximate surface area is 283 Å². The molecule has 4 rings (SSSR count). The average molecular weight is 762 g/mol. The Bertz CT molecular complexity index is 2130. The lowest BCUT2D eigenvalue weighted by atomic mass is 10.0. The predicted octanol–water partition coefficient (Wildman–Crippen LogP) is -1.14. The number of H-pyrrole nitrogens is 1. The summed E-state index contributed by atoms with van der Waals surface area (Å²) >= 11 is 0. The molecule has 1 saturated heterocycles. The van der Waals surface area contributed by atoms with Gasteiger partial charge in [0, 0.05) is 87.4 Å². The van der Waals surface area contributed by atoms with Crippen LogP contribution < -0.4 is 16.3 Å². The third-order valence-electron chi connectivity index (χ3n) is 8.42. The highest BCUT2D eigenvalue weighted by molar-refractivity contribution is 8.11. The van der Waals surface area contributed by atoms with Crippen LogP contribution in [0.2, 0.25) is 0 Å². The van der Waals surface area contributed by atoms with Gasteiger partial charge in [0.2, 0.25) is 14.3 Å². The zero-order valence-electron chi connectivity index (χ0n) is 26.9. The molecule has 3 heterocycles. The zero-order valence-corrected chi connectivity index (χ0v) is 30.2. The Balaban J connectivity index is 1.87. The number of amides is 1. The van der Waals surface area contributed by atoms with Gasteiger partial charge in [0.15, 0.2) is 39.3 Å². The fourth-order valence-electron chi connectivity index (χ4n) is 6.08. The molecule has 1 amide bonds. The number of aromatic amines is 1. The highest BCUT2D eigenvalue weighted by Crippen LogP contribution is 2.51. The molecule has 4 N–H and O–H groups in total. The first kappa shape index (κ1) is 37.8. The van der Waals surface area contributed by atoms with E-state index in [1.54, 1.807) is 6.07 Å². The van der Waals surface area contributed by atoms with E-state index in [0.717, 1.165) is 0 Å². The third kappa shape index (κ3) is 6.42. The molecule has 268 valence electrons. The predicted molar refractivity (Wildman–Crippen MR) is 180 cm³/mol. The van der Waals surface area contributed by atoms with E-state index in [4.69, 9.17) is 5.73 Å². The SMILES string of the molecule is CN(c1cnc(-c2ccc(-c3cnc(=O)[nH]c3)cc2O)cn1)C1CC(S(C)(=O)=O)(S(C)(=O)=O)N(C(=O)CCN)C(S(C)(=O)=O)(S(C)(=O)=O)C1. The maximum absolute atomic E-state index is 13.6. The van der Waals surface area contributed by atoms with Gasteiger partial charge in [0.1, 0.15) is 11.6 Å². The van der Waals surface area contributed by atoms with Gasteiger partial charge < -0.3 is 20.7 Å². The molecule has 0 saturated carbocycles. The van der Waals surface area contributed by atoms with Crippen molar-refractivity contribution in [2.24, 2.45) is 5.73 Å². The minimum Gasteiger partial charge on any atom is -0.507 e. The number of nitrogens with one attached hydrogen (secondary N) is 1. The molecule has 0 bridgehead atoms. The molecule has 22 heteroatoms. The number of nitrogens with zero attached hydrogens (tertiary/aromatic N) is 5. The number of hydrogen-bond donors (Lipinski definition) is 3. The Morgan fingerprint density at radius 1 is 0.898 bits per heavy atom. The van der Waals surface area contributed by atoms with Gasteiger partial charge in [-0.3, -0.25) is 14.7 Å². The minimum absolute atomic E-state index is 0.0170. The summed E-state index contributed by atoms with van der Waals surface area (Å²) in [6.07, 6.45) is 4.37. The van der Waals surface area contributed by atoms with Gasteiger partial charge in [-0.1, -0.05) is 6.07 Å². The van der Waals surface area contributed by atoms with Crippen LogP contribution in [0.4, 0.5) is 5.82 Å². The number of carbonyl (C=O) groups is 1. The summed E-state index contributed by atoms with van der Waals surface area (Å²) in [5.74, 6) is -1.68. The number of phenols is 1. The van der Waals surface area contributed by atoms with Gasteiger partial charge in [0.05, 0.1) is 18.1 Å². The summed E-state index contributed by atoms with van der Waals surface area (Å²) < 4.78 is 102. The summed E-state index contributed by atoms with van der Waals surface area (Å²) in [6, 6.07) is 3.06. The molecule has 0 radical (unpaired) electrons. The van der Waals surface area contributed by atoms with Gasteiger partial charge in [-0.2, -0.15) is 0 Å². The van der Waals surface area contributed by atoms with Gasteiger partial charge in [-0.05, 0) is 17.7 Å². The van der Waals surface area contributed by atoms with E-state index in [1.165, 1.54) is 48.9 Å². The lowest BCUT2D eigenvalue weighted by molar-refractivity contribution is -0.136. The number of benzene rings is 1. The number of anilines is 1. The maximum atomic E-state index is 13.6. The molecule has 1 aromatic carbocycles. The molecule has 2 aromatic heterocycles. The van der Waals surface area contributed by atoms with E-state index in [9.17, 15) is 48.4 Å². The second kappa shape index (κ2) is 12.7. The first-order chi connectivity index (χ1) is 22.4. The van der Waals surface area contributed by atoms with Crippen molar-refractivity contribution in [1.82, 2.24) is 24.8 Å².